The first-order valence-electron chi connectivity index (χ1n) is 6.20. The summed E-state index contributed by atoms with van der Waals surface area (Å²) in [6.07, 6.45) is 1.41. The lowest BCUT2D eigenvalue weighted by molar-refractivity contribution is -0.385. The zero-order chi connectivity index (χ0) is 14.7. The summed E-state index contributed by atoms with van der Waals surface area (Å²) in [5.74, 6) is -0.407. The van der Waals surface area contributed by atoms with Crippen LogP contribution in [-0.2, 0) is 9.53 Å². The molecule has 2 N–H and O–H groups in total. The van der Waals surface area contributed by atoms with Gasteiger partial charge in [-0.1, -0.05) is 0 Å². The summed E-state index contributed by atoms with van der Waals surface area (Å²) < 4.78 is 5.35. The van der Waals surface area contributed by atoms with Crippen LogP contribution >= 0.6 is 0 Å². The van der Waals surface area contributed by atoms with Crippen molar-refractivity contribution >= 4 is 17.5 Å². The maximum Gasteiger partial charge on any atom is 0.332 e. The molecule has 0 amide bonds. The van der Waals surface area contributed by atoms with E-state index < -0.39 is 17.0 Å². The molecule has 2 unspecified atom stereocenters. The van der Waals surface area contributed by atoms with Gasteiger partial charge in [0.05, 0.1) is 11.0 Å². The Balaban J connectivity index is 1.92. The van der Waals surface area contributed by atoms with Crippen LogP contribution in [0.3, 0.4) is 0 Å². The second-order valence-corrected chi connectivity index (χ2v) is 4.66. The number of carboxylic acids is 1. The Bertz CT molecular complexity index is 534. The van der Waals surface area contributed by atoms with Crippen LogP contribution in [0.5, 0.6) is 0 Å². The Kier molecular flexibility index (Phi) is 4.14. The number of nitrogens with one attached hydrogen (secondary N) is 1. The third-order valence-electron chi connectivity index (χ3n) is 3.15. The number of rotatable bonds is 5. The number of nitrogens with zero attached hydrogens (tertiary/aromatic N) is 2. The highest BCUT2D eigenvalue weighted by Gasteiger charge is 2.30. The van der Waals surface area contributed by atoms with Gasteiger partial charge >= 0.3 is 5.97 Å². The molecule has 8 nitrogen and oxygen atoms in total. The predicted octanol–water partition coefficient (Wildman–Crippen LogP) is 1.34. The molecule has 1 saturated heterocycles. The third-order valence-corrected chi connectivity index (χ3v) is 3.15. The van der Waals surface area contributed by atoms with Gasteiger partial charge in [-0.2, -0.15) is 0 Å². The first-order chi connectivity index (χ1) is 9.47. The summed E-state index contributed by atoms with van der Waals surface area (Å²) in [6.45, 7) is 2.15. The molecule has 0 bridgehead atoms. The molecule has 2 rings (SSSR count). The Morgan fingerprint density at radius 1 is 1.65 bits per heavy atom. The number of ether oxygens (including phenoxy) is 1. The second kappa shape index (κ2) is 5.83. The zero-order valence-electron chi connectivity index (χ0n) is 10.9. The summed E-state index contributed by atoms with van der Waals surface area (Å²) in [5, 5.41) is 22.5. The highest BCUT2D eigenvalue weighted by Crippen LogP contribution is 2.22. The molecular formula is C12H15N3O5. The van der Waals surface area contributed by atoms with E-state index in [2.05, 4.69) is 10.3 Å². The van der Waals surface area contributed by atoms with Crippen LogP contribution in [0.15, 0.2) is 12.3 Å². The highest BCUT2D eigenvalue weighted by molar-refractivity contribution is 5.72. The van der Waals surface area contributed by atoms with Gasteiger partial charge in [-0.25, -0.2) is 9.78 Å². The van der Waals surface area contributed by atoms with E-state index in [9.17, 15) is 14.9 Å². The van der Waals surface area contributed by atoms with Gasteiger partial charge in [0.1, 0.15) is 12.0 Å². The van der Waals surface area contributed by atoms with Crippen molar-refractivity contribution in [2.75, 3.05) is 11.9 Å². The Morgan fingerprint density at radius 3 is 2.95 bits per heavy atom. The zero-order valence-corrected chi connectivity index (χ0v) is 10.9. The molecule has 2 heterocycles. The van der Waals surface area contributed by atoms with E-state index in [0.29, 0.717) is 30.8 Å². The quantitative estimate of drug-likeness (QED) is 0.618. The Labute approximate surface area is 114 Å². The maximum atomic E-state index is 10.8. The van der Waals surface area contributed by atoms with Crippen molar-refractivity contribution in [3.63, 3.8) is 0 Å². The van der Waals surface area contributed by atoms with Crippen molar-refractivity contribution in [1.82, 2.24) is 4.98 Å². The van der Waals surface area contributed by atoms with E-state index in [1.165, 1.54) is 12.3 Å². The summed E-state index contributed by atoms with van der Waals surface area (Å²) >= 11 is 0. The molecule has 20 heavy (non-hydrogen) atoms. The second-order valence-electron chi connectivity index (χ2n) is 4.66. The smallest absolute Gasteiger partial charge is 0.332 e. The van der Waals surface area contributed by atoms with E-state index in [-0.39, 0.29) is 11.8 Å². The van der Waals surface area contributed by atoms with E-state index in [1.54, 1.807) is 6.92 Å². The van der Waals surface area contributed by atoms with Gasteiger partial charge in [-0.3, -0.25) is 10.1 Å². The predicted molar refractivity (Wildman–Crippen MR) is 69.6 cm³/mol. The summed E-state index contributed by atoms with van der Waals surface area (Å²) in [6, 6.07) is 1.44. The fourth-order valence-electron chi connectivity index (χ4n) is 2.09. The van der Waals surface area contributed by atoms with Crippen LogP contribution in [0.1, 0.15) is 18.4 Å². The summed E-state index contributed by atoms with van der Waals surface area (Å²) in [7, 11) is 0. The Morgan fingerprint density at radius 2 is 2.40 bits per heavy atom. The largest absolute Gasteiger partial charge is 0.479 e. The average Bonchev–Trinajstić information content (AvgIpc) is 2.86. The van der Waals surface area contributed by atoms with Gasteiger partial charge in [-0.05, 0) is 25.3 Å². The van der Waals surface area contributed by atoms with Crippen molar-refractivity contribution in [1.29, 1.82) is 0 Å². The molecule has 0 radical (unpaired) electrons. The van der Waals surface area contributed by atoms with Crippen molar-refractivity contribution in [3.8, 4) is 0 Å². The molecule has 1 aliphatic heterocycles. The number of hydrogen-bond donors (Lipinski definition) is 2. The summed E-state index contributed by atoms with van der Waals surface area (Å²) in [5.41, 5.74) is 0.600. The minimum Gasteiger partial charge on any atom is -0.479 e. The fraction of sp³-hybridized carbons (Fsp3) is 0.500. The van der Waals surface area contributed by atoms with Gasteiger partial charge < -0.3 is 15.2 Å². The molecule has 1 aliphatic rings. The van der Waals surface area contributed by atoms with Crippen LogP contribution in [0.25, 0.3) is 0 Å². The highest BCUT2D eigenvalue weighted by atomic mass is 16.6. The third kappa shape index (κ3) is 3.21. The lowest BCUT2D eigenvalue weighted by Crippen LogP contribution is -2.24. The topological polar surface area (TPSA) is 115 Å². The van der Waals surface area contributed by atoms with Crippen LogP contribution < -0.4 is 5.32 Å². The van der Waals surface area contributed by atoms with E-state index in [1.807, 2.05) is 0 Å². The SMILES string of the molecule is Cc1cc([N+](=O)[O-])cnc1NCC1CCC(C(=O)O)O1. The molecule has 108 valence electrons. The van der Waals surface area contributed by atoms with Gasteiger partial charge in [0.25, 0.3) is 5.69 Å². The molecule has 1 fully saturated rings. The van der Waals surface area contributed by atoms with Crippen LogP contribution in [0, 0.1) is 17.0 Å². The fourth-order valence-corrected chi connectivity index (χ4v) is 2.09. The maximum absolute atomic E-state index is 10.8. The molecule has 1 aromatic rings. The number of pyridine rings is 1. The van der Waals surface area contributed by atoms with Gasteiger partial charge in [0, 0.05) is 12.6 Å². The van der Waals surface area contributed by atoms with Crippen molar-refractivity contribution in [3.05, 3.63) is 27.9 Å². The summed E-state index contributed by atoms with van der Waals surface area (Å²) in [4.78, 5) is 24.8. The Hall–Kier alpha value is -2.22. The van der Waals surface area contributed by atoms with Gasteiger partial charge in [0.2, 0.25) is 0 Å². The monoisotopic (exact) mass is 281 g/mol. The first-order valence-corrected chi connectivity index (χ1v) is 6.20. The molecule has 0 aromatic carbocycles. The number of anilines is 1. The van der Waals surface area contributed by atoms with Gasteiger partial charge in [0.15, 0.2) is 6.10 Å². The van der Waals surface area contributed by atoms with Crippen molar-refractivity contribution in [2.45, 2.75) is 32.0 Å². The molecule has 1 aromatic heterocycles. The molecule has 0 saturated carbocycles. The molecule has 0 aliphatic carbocycles. The molecular weight excluding hydrogens is 266 g/mol. The number of hydrogen-bond acceptors (Lipinski definition) is 6. The average molecular weight is 281 g/mol. The standard InChI is InChI=1S/C12H15N3O5/c1-7-4-8(15(18)19)5-13-11(7)14-6-9-2-3-10(20-9)12(16)17/h4-5,9-10H,2-3,6H2,1H3,(H,13,14)(H,16,17). The number of carboxylic acid groups (broad SMARTS) is 1. The lowest BCUT2D eigenvalue weighted by Gasteiger charge is -2.13. The number of aliphatic carboxylic acids is 1. The first kappa shape index (κ1) is 14.2. The number of aryl methyl sites for hydroxylation is 1. The number of carbonyl (C=O) groups is 1. The van der Waals surface area contributed by atoms with Crippen molar-refractivity contribution in [2.24, 2.45) is 0 Å². The van der Waals surface area contributed by atoms with Crippen LogP contribution in [-0.4, -0.2) is 39.7 Å². The number of aromatic nitrogens is 1. The van der Waals surface area contributed by atoms with Crippen LogP contribution in [0.2, 0.25) is 0 Å². The van der Waals surface area contributed by atoms with E-state index >= 15 is 0 Å². The van der Waals surface area contributed by atoms with Crippen molar-refractivity contribution < 1.29 is 19.6 Å². The van der Waals surface area contributed by atoms with E-state index in [4.69, 9.17) is 9.84 Å². The van der Waals surface area contributed by atoms with E-state index in [0.717, 1.165) is 0 Å². The van der Waals surface area contributed by atoms with Gasteiger partial charge in [-0.15, -0.1) is 0 Å². The normalized spacial score (nSPS) is 21.6. The molecule has 0 spiro atoms. The molecule has 8 heteroatoms. The number of nitro groups is 1. The lowest BCUT2D eigenvalue weighted by atomic mass is 10.2. The van der Waals surface area contributed by atoms with Crippen LogP contribution in [0.4, 0.5) is 11.5 Å². The minimum atomic E-state index is -0.947. The minimum absolute atomic E-state index is 0.0592. The molecule has 2 atom stereocenters.